The number of aryl methyl sites for hydroxylation is 1. The van der Waals surface area contributed by atoms with Gasteiger partial charge in [-0.25, -0.2) is 14.6 Å². The standard InChI is InChI=1S/C17H22N8O.2ClH/c1-11-13(8-19-22-11)16-21-17(25(23-16)12-3-7-26-10-12)14-9-24-6-5-18-4-2-15(24)20-14;;/h8-9,12,18H,2-7,10H2,1H3,(H,19,22);2*1H. The molecule has 152 valence electrons. The fourth-order valence-corrected chi connectivity index (χ4v) is 3.64. The molecule has 11 heteroatoms. The molecule has 2 aliphatic heterocycles. The number of aromatic nitrogens is 7. The van der Waals surface area contributed by atoms with Gasteiger partial charge in [0.15, 0.2) is 11.6 Å². The lowest BCUT2D eigenvalue weighted by atomic mass is 10.2. The van der Waals surface area contributed by atoms with Crippen molar-refractivity contribution in [3.63, 3.8) is 0 Å². The Hall–Kier alpha value is -1.94. The van der Waals surface area contributed by atoms with Crippen molar-refractivity contribution in [1.29, 1.82) is 0 Å². The van der Waals surface area contributed by atoms with Crippen LogP contribution >= 0.6 is 24.8 Å². The SMILES string of the molecule is Cc1[nH]ncc1-c1nc(-c2cn3c(n2)CCNCC3)n(C2CCOC2)n1.Cl.Cl. The highest BCUT2D eigenvalue weighted by Gasteiger charge is 2.26. The number of nitrogens with one attached hydrogen (secondary N) is 2. The van der Waals surface area contributed by atoms with E-state index in [1.54, 1.807) is 6.20 Å². The van der Waals surface area contributed by atoms with Crippen molar-refractivity contribution in [3.8, 4) is 22.9 Å². The number of aromatic amines is 1. The monoisotopic (exact) mass is 426 g/mol. The van der Waals surface area contributed by atoms with Gasteiger partial charge in [-0.15, -0.1) is 29.9 Å². The van der Waals surface area contributed by atoms with Crippen LogP contribution in [0.3, 0.4) is 0 Å². The summed E-state index contributed by atoms with van der Waals surface area (Å²) in [4.78, 5) is 9.71. The van der Waals surface area contributed by atoms with Crippen LogP contribution in [0, 0.1) is 6.92 Å². The molecule has 2 N–H and O–H groups in total. The maximum atomic E-state index is 5.58. The van der Waals surface area contributed by atoms with Gasteiger partial charge < -0.3 is 14.6 Å². The Morgan fingerprint density at radius 2 is 2.11 bits per heavy atom. The molecular formula is C17H24Cl2N8O. The van der Waals surface area contributed by atoms with Gasteiger partial charge in [0.05, 0.1) is 24.4 Å². The van der Waals surface area contributed by atoms with Gasteiger partial charge in [0.1, 0.15) is 11.5 Å². The Morgan fingerprint density at radius 1 is 1.21 bits per heavy atom. The molecule has 2 aliphatic rings. The Labute approximate surface area is 175 Å². The molecule has 1 atom stereocenters. The molecule has 3 aromatic heterocycles. The number of halogens is 2. The van der Waals surface area contributed by atoms with Crippen LogP contribution in [0.2, 0.25) is 0 Å². The van der Waals surface area contributed by atoms with E-state index in [-0.39, 0.29) is 30.9 Å². The third kappa shape index (κ3) is 3.67. The van der Waals surface area contributed by atoms with Crippen molar-refractivity contribution in [2.24, 2.45) is 0 Å². The van der Waals surface area contributed by atoms with E-state index in [1.807, 2.05) is 11.6 Å². The van der Waals surface area contributed by atoms with Gasteiger partial charge >= 0.3 is 0 Å². The van der Waals surface area contributed by atoms with Gasteiger partial charge in [-0.05, 0) is 13.3 Å². The third-order valence-corrected chi connectivity index (χ3v) is 5.10. The average Bonchev–Trinajstić information content (AvgIpc) is 3.40. The van der Waals surface area contributed by atoms with Crippen molar-refractivity contribution < 1.29 is 4.74 Å². The zero-order valence-electron chi connectivity index (χ0n) is 15.6. The number of H-pyrrole nitrogens is 1. The summed E-state index contributed by atoms with van der Waals surface area (Å²) in [5.41, 5.74) is 2.77. The van der Waals surface area contributed by atoms with Crippen LogP contribution in [0.25, 0.3) is 22.9 Å². The minimum absolute atomic E-state index is 0. The molecule has 1 fully saturated rings. The van der Waals surface area contributed by atoms with Gasteiger partial charge in [-0.1, -0.05) is 0 Å². The largest absolute Gasteiger partial charge is 0.379 e. The first kappa shape index (κ1) is 20.8. The van der Waals surface area contributed by atoms with Crippen LogP contribution in [0.5, 0.6) is 0 Å². The molecular weight excluding hydrogens is 403 g/mol. The molecule has 0 amide bonds. The summed E-state index contributed by atoms with van der Waals surface area (Å²) in [6, 6.07) is 0.196. The Bertz CT molecular complexity index is 904. The highest BCUT2D eigenvalue weighted by molar-refractivity contribution is 5.85. The normalized spacial score (nSPS) is 18.8. The van der Waals surface area contributed by atoms with Crippen LogP contribution in [0.4, 0.5) is 0 Å². The lowest BCUT2D eigenvalue weighted by Gasteiger charge is -2.10. The summed E-state index contributed by atoms with van der Waals surface area (Å²) in [5.74, 6) is 2.59. The molecule has 0 aliphatic carbocycles. The number of rotatable bonds is 3. The maximum absolute atomic E-state index is 5.58. The van der Waals surface area contributed by atoms with E-state index in [4.69, 9.17) is 19.8 Å². The summed E-state index contributed by atoms with van der Waals surface area (Å²) in [5, 5.41) is 15.3. The maximum Gasteiger partial charge on any atom is 0.185 e. The first-order valence-electron chi connectivity index (χ1n) is 9.11. The molecule has 1 unspecified atom stereocenters. The number of imidazole rings is 1. The molecule has 0 saturated carbocycles. The molecule has 5 rings (SSSR count). The predicted octanol–water partition coefficient (Wildman–Crippen LogP) is 1.79. The Kier molecular flexibility index (Phi) is 6.39. The van der Waals surface area contributed by atoms with Gasteiger partial charge in [0.25, 0.3) is 0 Å². The molecule has 1 saturated heterocycles. The highest BCUT2D eigenvalue weighted by Crippen LogP contribution is 2.29. The van der Waals surface area contributed by atoms with E-state index in [9.17, 15) is 0 Å². The topological polar surface area (TPSA) is 98.5 Å². The quantitative estimate of drug-likeness (QED) is 0.662. The fourth-order valence-electron chi connectivity index (χ4n) is 3.64. The van der Waals surface area contributed by atoms with Crippen molar-refractivity contribution >= 4 is 24.8 Å². The number of ether oxygens (including phenoxy) is 1. The molecule has 9 nitrogen and oxygen atoms in total. The summed E-state index contributed by atoms with van der Waals surface area (Å²) < 4.78 is 9.80. The molecule has 0 aromatic carbocycles. The second-order valence-corrected chi connectivity index (χ2v) is 6.87. The highest BCUT2D eigenvalue weighted by atomic mass is 35.5. The summed E-state index contributed by atoms with van der Waals surface area (Å²) in [7, 11) is 0. The summed E-state index contributed by atoms with van der Waals surface area (Å²) >= 11 is 0. The van der Waals surface area contributed by atoms with E-state index in [0.717, 1.165) is 67.7 Å². The second-order valence-electron chi connectivity index (χ2n) is 6.87. The van der Waals surface area contributed by atoms with Crippen LogP contribution in [0.1, 0.15) is 24.0 Å². The summed E-state index contributed by atoms with van der Waals surface area (Å²) in [6.07, 6.45) is 5.74. The van der Waals surface area contributed by atoms with Crippen molar-refractivity contribution in [2.45, 2.75) is 32.4 Å². The van der Waals surface area contributed by atoms with Crippen molar-refractivity contribution in [1.82, 2.24) is 39.8 Å². The Balaban J connectivity index is 0.00000112. The zero-order valence-corrected chi connectivity index (χ0v) is 17.2. The molecule has 5 heterocycles. The van der Waals surface area contributed by atoms with Gasteiger partial charge in [0, 0.05) is 44.6 Å². The zero-order chi connectivity index (χ0) is 17.5. The van der Waals surface area contributed by atoms with Crippen LogP contribution < -0.4 is 5.32 Å². The fraction of sp³-hybridized carbons (Fsp3) is 0.529. The Morgan fingerprint density at radius 3 is 2.86 bits per heavy atom. The number of hydrogen-bond donors (Lipinski definition) is 2. The average molecular weight is 427 g/mol. The third-order valence-electron chi connectivity index (χ3n) is 5.10. The molecule has 0 bridgehead atoms. The van der Waals surface area contributed by atoms with E-state index >= 15 is 0 Å². The minimum atomic E-state index is 0. The smallest absolute Gasteiger partial charge is 0.185 e. The van der Waals surface area contributed by atoms with Crippen LogP contribution in [-0.2, 0) is 17.7 Å². The molecule has 28 heavy (non-hydrogen) atoms. The molecule has 3 aromatic rings. The van der Waals surface area contributed by atoms with Gasteiger partial charge in [-0.2, -0.15) is 5.10 Å². The van der Waals surface area contributed by atoms with E-state index in [0.29, 0.717) is 12.4 Å². The van der Waals surface area contributed by atoms with E-state index in [2.05, 4.69) is 26.3 Å². The number of nitrogens with zero attached hydrogens (tertiary/aromatic N) is 6. The van der Waals surface area contributed by atoms with Gasteiger partial charge in [-0.3, -0.25) is 5.10 Å². The molecule has 0 radical (unpaired) electrons. The first-order chi connectivity index (χ1) is 12.8. The minimum Gasteiger partial charge on any atom is -0.379 e. The van der Waals surface area contributed by atoms with Gasteiger partial charge in [0.2, 0.25) is 0 Å². The summed E-state index contributed by atoms with van der Waals surface area (Å²) in [6.45, 7) is 6.25. The first-order valence-corrected chi connectivity index (χ1v) is 9.11. The van der Waals surface area contributed by atoms with Crippen LogP contribution in [-0.4, -0.2) is 60.8 Å². The number of hydrogen-bond acceptors (Lipinski definition) is 6. The van der Waals surface area contributed by atoms with Crippen molar-refractivity contribution in [2.75, 3.05) is 26.3 Å². The predicted molar refractivity (Wildman–Crippen MR) is 109 cm³/mol. The van der Waals surface area contributed by atoms with E-state index < -0.39 is 0 Å². The molecule has 0 spiro atoms. The lowest BCUT2D eigenvalue weighted by Crippen LogP contribution is -2.17. The van der Waals surface area contributed by atoms with E-state index in [1.165, 1.54) is 0 Å². The number of fused-ring (bicyclic) bond motifs is 1. The lowest BCUT2D eigenvalue weighted by molar-refractivity contribution is 0.185. The van der Waals surface area contributed by atoms with Crippen molar-refractivity contribution in [3.05, 3.63) is 23.9 Å². The second kappa shape index (κ2) is 8.60. The van der Waals surface area contributed by atoms with Crippen LogP contribution in [0.15, 0.2) is 12.4 Å².